The highest BCUT2D eigenvalue weighted by molar-refractivity contribution is 5.95. The maximum Gasteiger partial charge on any atom is 0.269 e. The van der Waals surface area contributed by atoms with E-state index in [1.54, 1.807) is 35.3 Å². The van der Waals surface area contributed by atoms with Crippen LogP contribution in [-0.2, 0) is 13.0 Å². The quantitative estimate of drug-likeness (QED) is 0.471. The van der Waals surface area contributed by atoms with Crippen LogP contribution in [0.1, 0.15) is 39.0 Å². The van der Waals surface area contributed by atoms with E-state index in [4.69, 9.17) is 5.73 Å². The van der Waals surface area contributed by atoms with E-state index in [1.165, 1.54) is 0 Å². The van der Waals surface area contributed by atoms with Gasteiger partial charge in [0.1, 0.15) is 5.69 Å². The van der Waals surface area contributed by atoms with E-state index in [9.17, 15) is 9.59 Å². The molecule has 0 aliphatic heterocycles. The number of carbonyl (C=O) groups is 2. The van der Waals surface area contributed by atoms with Gasteiger partial charge in [-0.3, -0.25) is 14.6 Å². The van der Waals surface area contributed by atoms with Crippen molar-refractivity contribution in [3.8, 4) is 16.9 Å². The number of carbonyl (C=O) groups excluding carboxylic acids is 2. The predicted molar refractivity (Wildman–Crippen MR) is 120 cm³/mol. The molecule has 2 heterocycles. The van der Waals surface area contributed by atoms with Crippen LogP contribution in [0.15, 0.2) is 73.2 Å². The highest BCUT2D eigenvalue weighted by atomic mass is 16.2. The van der Waals surface area contributed by atoms with Gasteiger partial charge in [0.15, 0.2) is 0 Å². The molecule has 0 radical (unpaired) electrons. The fraction of sp³-hybridized carbons (Fsp3) is 0.125. The maximum absolute atomic E-state index is 12.7. The fourth-order valence-electron chi connectivity index (χ4n) is 3.30. The monoisotopic (exact) mass is 426 g/mol. The van der Waals surface area contributed by atoms with Gasteiger partial charge in [-0.2, -0.15) is 5.10 Å². The van der Waals surface area contributed by atoms with E-state index >= 15 is 0 Å². The van der Waals surface area contributed by atoms with Crippen molar-refractivity contribution in [1.29, 1.82) is 0 Å². The first-order valence-electron chi connectivity index (χ1n) is 10.2. The van der Waals surface area contributed by atoms with E-state index in [0.717, 1.165) is 11.3 Å². The van der Waals surface area contributed by atoms with Gasteiger partial charge in [0.25, 0.3) is 11.8 Å². The molecule has 8 heteroatoms. The number of aromatic nitrogens is 4. The summed E-state index contributed by atoms with van der Waals surface area (Å²) in [7, 11) is 0. The minimum absolute atomic E-state index is 0.151. The Morgan fingerprint density at radius 3 is 2.59 bits per heavy atom. The topological polar surface area (TPSA) is 116 Å². The summed E-state index contributed by atoms with van der Waals surface area (Å²) in [5, 5.41) is 7.12. The Morgan fingerprint density at radius 1 is 1.09 bits per heavy atom. The van der Waals surface area contributed by atoms with Gasteiger partial charge in [0.05, 0.1) is 23.3 Å². The van der Waals surface area contributed by atoms with E-state index in [-0.39, 0.29) is 11.6 Å². The number of rotatable bonds is 7. The molecular formula is C24H22N6O2. The molecule has 8 nitrogen and oxygen atoms in total. The molecule has 0 spiro atoms. The summed E-state index contributed by atoms with van der Waals surface area (Å²) in [6.45, 7) is 2.27. The second-order valence-corrected chi connectivity index (χ2v) is 7.15. The van der Waals surface area contributed by atoms with Crippen molar-refractivity contribution in [2.45, 2.75) is 19.9 Å². The van der Waals surface area contributed by atoms with Gasteiger partial charge in [-0.1, -0.05) is 31.2 Å². The zero-order valence-corrected chi connectivity index (χ0v) is 17.5. The third kappa shape index (κ3) is 4.54. The standard InChI is InChI=1S/C24H22N6O2/c1-2-20-22(23(25)31)29-21(15-26-20)17-5-3-6-18(13-17)24(32)27-14-16-7-9-19(10-8-16)30-12-4-11-28-30/h3-13,15H,2,14H2,1H3,(H2,25,31)(H,27,32). The van der Waals surface area contributed by atoms with Crippen LogP contribution in [0.5, 0.6) is 0 Å². The van der Waals surface area contributed by atoms with E-state index in [0.29, 0.717) is 35.5 Å². The van der Waals surface area contributed by atoms with Crippen molar-refractivity contribution in [3.63, 3.8) is 0 Å². The Morgan fingerprint density at radius 2 is 1.91 bits per heavy atom. The average molecular weight is 426 g/mol. The average Bonchev–Trinajstić information content (AvgIpc) is 3.37. The number of hydrogen-bond acceptors (Lipinski definition) is 5. The first-order chi connectivity index (χ1) is 15.5. The largest absolute Gasteiger partial charge is 0.364 e. The number of nitrogens with one attached hydrogen (secondary N) is 1. The van der Waals surface area contributed by atoms with Crippen molar-refractivity contribution in [2.24, 2.45) is 5.73 Å². The van der Waals surface area contributed by atoms with Gasteiger partial charge in [-0.25, -0.2) is 9.67 Å². The molecule has 0 aliphatic carbocycles. The summed E-state index contributed by atoms with van der Waals surface area (Å²) in [5.41, 5.74) is 9.70. The second kappa shape index (κ2) is 9.22. The van der Waals surface area contributed by atoms with Gasteiger partial charge in [0.2, 0.25) is 0 Å². The molecule has 2 aromatic heterocycles. The Bertz CT molecular complexity index is 1250. The normalized spacial score (nSPS) is 10.7. The molecule has 0 fully saturated rings. The lowest BCUT2D eigenvalue weighted by molar-refractivity contribution is 0.0949. The van der Waals surface area contributed by atoms with Gasteiger partial charge in [-0.15, -0.1) is 0 Å². The van der Waals surface area contributed by atoms with E-state index < -0.39 is 5.91 Å². The first kappa shape index (κ1) is 20.9. The lowest BCUT2D eigenvalue weighted by Crippen LogP contribution is -2.22. The summed E-state index contributed by atoms with van der Waals surface area (Å²) in [6, 6.07) is 16.7. The van der Waals surface area contributed by atoms with E-state index in [2.05, 4.69) is 20.4 Å². The molecule has 0 bridgehead atoms. The molecule has 4 rings (SSSR count). The summed E-state index contributed by atoms with van der Waals surface area (Å²) in [4.78, 5) is 33.1. The van der Waals surface area contributed by atoms with Crippen molar-refractivity contribution < 1.29 is 9.59 Å². The van der Waals surface area contributed by atoms with Crippen LogP contribution in [0.3, 0.4) is 0 Å². The van der Waals surface area contributed by atoms with Crippen LogP contribution in [-0.4, -0.2) is 31.6 Å². The zero-order chi connectivity index (χ0) is 22.5. The molecule has 0 atom stereocenters. The van der Waals surface area contributed by atoms with Crippen molar-refractivity contribution in [1.82, 2.24) is 25.1 Å². The van der Waals surface area contributed by atoms with Gasteiger partial charge < -0.3 is 11.1 Å². The molecule has 0 unspecified atom stereocenters. The molecule has 0 saturated heterocycles. The molecular weight excluding hydrogens is 404 g/mol. The van der Waals surface area contributed by atoms with E-state index in [1.807, 2.05) is 49.5 Å². The maximum atomic E-state index is 12.7. The van der Waals surface area contributed by atoms with Crippen LogP contribution >= 0.6 is 0 Å². The highest BCUT2D eigenvalue weighted by Gasteiger charge is 2.14. The van der Waals surface area contributed by atoms with Crippen molar-refractivity contribution in [3.05, 3.63) is 95.7 Å². The second-order valence-electron chi connectivity index (χ2n) is 7.15. The molecule has 160 valence electrons. The Hall–Kier alpha value is -4.33. The molecule has 32 heavy (non-hydrogen) atoms. The number of benzene rings is 2. The SMILES string of the molecule is CCc1ncc(-c2cccc(C(=O)NCc3ccc(-n4cccn4)cc3)c2)nc1C(N)=O. The van der Waals surface area contributed by atoms with Crippen LogP contribution in [0, 0.1) is 0 Å². The molecule has 2 aromatic carbocycles. The summed E-state index contributed by atoms with van der Waals surface area (Å²) < 4.78 is 1.77. The minimum Gasteiger partial charge on any atom is -0.364 e. The lowest BCUT2D eigenvalue weighted by Gasteiger charge is -2.09. The van der Waals surface area contributed by atoms with Crippen molar-refractivity contribution in [2.75, 3.05) is 0 Å². The highest BCUT2D eigenvalue weighted by Crippen LogP contribution is 2.19. The zero-order valence-electron chi connectivity index (χ0n) is 17.5. The summed E-state index contributed by atoms with van der Waals surface area (Å²) in [6.07, 6.45) is 5.73. The number of primary amides is 1. The Balaban J connectivity index is 1.47. The third-order valence-corrected chi connectivity index (χ3v) is 5.00. The fourth-order valence-corrected chi connectivity index (χ4v) is 3.30. The molecule has 0 saturated carbocycles. The molecule has 2 amide bonds. The van der Waals surface area contributed by atoms with Crippen LogP contribution < -0.4 is 11.1 Å². The Labute approximate surface area is 185 Å². The van der Waals surface area contributed by atoms with Crippen LogP contribution in [0.25, 0.3) is 16.9 Å². The number of nitrogens with two attached hydrogens (primary N) is 1. The predicted octanol–water partition coefficient (Wildman–Crippen LogP) is 2.92. The number of amides is 2. The van der Waals surface area contributed by atoms with Gasteiger partial charge >= 0.3 is 0 Å². The first-order valence-corrected chi connectivity index (χ1v) is 10.2. The van der Waals surface area contributed by atoms with Crippen LogP contribution in [0.4, 0.5) is 0 Å². The Kier molecular flexibility index (Phi) is 6.03. The molecule has 3 N–H and O–H groups in total. The molecule has 4 aromatic rings. The van der Waals surface area contributed by atoms with Gasteiger partial charge in [-0.05, 0) is 42.3 Å². The summed E-state index contributed by atoms with van der Waals surface area (Å²) >= 11 is 0. The smallest absolute Gasteiger partial charge is 0.269 e. The van der Waals surface area contributed by atoms with Gasteiger partial charge in [0, 0.05) is 30.1 Å². The number of hydrogen-bond donors (Lipinski definition) is 2. The minimum atomic E-state index is -0.622. The third-order valence-electron chi connectivity index (χ3n) is 5.00. The number of nitrogens with zero attached hydrogens (tertiary/aromatic N) is 4. The van der Waals surface area contributed by atoms with Crippen LogP contribution in [0.2, 0.25) is 0 Å². The number of aryl methyl sites for hydroxylation is 1. The van der Waals surface area contributed by atoms with Crippen molar-refractivity contribution >= 4 is 11.8 Å². The lowest BCUT2D eigenvalue weighted by atomic mass is 10.1. The summed E-state index contributed by atoms with van der Waals surface area (Å²) in [5.74, 6) is -0.833. The molecule has 0 aliphatic rings.